The number of rotatable bonds is 7. The van der Waals surface area contributed by atoms with Gasteiger partial charge in [0, 0.05) is 0 Å². The number of aromatic nitrogens is 3. The van der Waals surface area contributed by atoms with E-state index in [1.165, 1.54) is 18.0 Å². The van der Waals surface area contributed by atoms with Crippen LogP contribution in [0.15, 0.2) is 30.5 Å². The third-order valence-corrected chi connectivity index (χ3v) is 3.48. The van der Waals surface area contributed by atoms with Gasteiger partial charge in [0.05, 0.1) is 39.6 Å². The molecule has 0 saturated heterocycles. The quantitative estimate of drug-likeness (QED) is 0.411. The van der Waals surface area contributed by atoms with Crippen LogP contribution in [0.5, 0.6) is 5.75 Å². The van der Waals surface area contributed by atoms with Crippen molar-refractivity contribution in [2.75, 3.05) is 21.3 Å². The van der Waals surface area contributed by atoms with Gasteiger partial charge in [-0.25, -0.2) is 4.68 Å². The van der Waals surface area contributed by atoms with Crippen LogP contribution in [0.1, 0.15) is 16.9 Å². The predicted molar refractivity (Wildman–Crippen MR) is 84.4 cm³/mol. The van der Waals surface area contributed by atoms with Crippen molar-refractivity contribution in [2.45, 2.75) is 6.42 Å². The van der Waals surface area contributed by atoms with E-state index in [4.69, 9.17) is 4.74 Å². The summed E-state index contributed by atoms with van der Waals surface area (Å²) in [7, 11) is 3.85. The minimum absolute atomic E-state index is 0.0601. The van der Waals surface area contributed by atoms with Crippen LogP contribution in [-0.4, -0.2) is 54.0 Å². The number of nitrogens with zero attached hydrogens (tertiary/aromatic N) is 3. The second-order valence-corrected chi connectivity index (χ2v) is 4.97. The third kappa shape index (κ3) is 4.19. The van der Waals surface area contributed by atoms with Gasteiger partial charge in [-0.1, -0.05) is 5.21 Å². The van der Waals surface area contributed by atoms with Gasteiger partial charge in [0.2, 0.25) is 0 Å². The van der Waals surface area contributed by atoms with Gasteiger partial charge in [0.15, 0.2) is 5.78 Å². The molecule has 0 bridgehead atoms. The van der Waals surface area contributed by atoms with Gasteiger partial charge in [-0.2, -0.15) is 0 Å². The Bertz CT molecular complexity index is 768. The SMILES string of the molecule is COC(=O)C[C@H](C(=O)OC)C(=O)c1cn(-c2ccc(OC)cc2)nn1. The molecule has 1 atom stereocenters. The van der Waals surface area contributed by atoms with E-state index in [2.05, 4.69) is 19.8 Å². The monoisotopic (exact) mass is 347 g/mol. The molecule has 2 aromatic rings. The Hall–Kier alpha value is -3.23. The Morgan fingerprint density at radius 3 is 2.32 bits per heavy atom. The third-order valence-electron chi connectivity index (χ3n) is 3.48. The number of carbonyl (C=O) groups excluding carboxylic acids is 3. The molecule has 0 N–H and O–H groups in total. The van der Waals surface area contributed by atoms with Gasteiger partial charge in [-0.15, -0.1) is 5.10 Å². The average Bonchev–Trinajstić information content (AvgIpc) is 3.14. The lowest BCUT2D eigenvalue weighted by molar-refractivity contribution is -0.150. The minimum Gasteiger partial charge on any atom is -0.497 e. The Morgan fingerprint density at radius 1 is 1.08 bits per heavy atom. The highest BCUT2D eigenvalue weighted by molar-refractivity contribution is 6.09. The normalized spacial score (nSPS) is 11.5. The molecular formula is C16H17N3O6. The summed E-state index contributed by atoms with van der Waals surface area (Å²) < 4.78 is 15.5. The zero-order valence-corrected chi connectivity index (χ0v) is 14.0. The van der Waals surface area contributed by atoms with Crippen LogP contribution in [0.3, 0.4) is 0 Å². The van der Waals surface area contributed by atoms with E-state index < -0.39 is 30.1 Å². The molecular weight excluding hydrogens is 330 g/mol. The molecule has 0 aliphatic heterocycles. The first-order chi connectivity index (χ1) is 12.0. The van der Waals surface area contributed by atoms with Crippen molar-refractivity contribution in [2.24, 2.45) is 5.92 Å². The second kappa shape index (κ2) is 8.04. The summed E-state index contributed by atoms with van der Waals surface area (Å²) in [5.41, 5.74) is 0.588. The van der Waals surface area contributed by atoms with E-state index in [0.29, 0.717) is 11.4 Å². The maximum absolute atomic E-state index is 12.5. The largest absolute Gasteiger partial charge is 0.497 e. The molecule has 9 heteroatoms. The lowest BCUT2D eigenvalue weighted by atomic mass is 9.98. The van der Waals surface area contributed by atoms with Crippen molar-refractivity contribution in [3.8, 4) is 11.4 Å². The number of esters is 2. The van der Waals surface area contributed by atoms with Crippen molar-refractivity contribution < 1.29 is 28.6 Å². The van der Waals surface area contributed by atoms with Crippen LogP contribution >= 0.6 is 0 Å². The average molecular weight is 347 g/mol. The number of hydrogen-bond acceptors (Lipinski definition) is 8. The lowest BCUT2D eigenvalue weighted by Gasteiger charge is -2.10. The second-order valence-electron chi connectivity index (χ2n) is 4.97. The van der Waals surface area contributed by atoms with Gasteiger partial charge in [0.1, 0.15) is 17.4 Å². The molecule has 1 aromatic carbocycles. The van der Waals surface area contributed by atoms with Gasteiger partial charge in [0.25, 0.3) is 0 Å². The Balaban J connectivity index is 2.24. The number of ether oxygens (including phenoxy) is 3. The van der Waals surface area contributed by atoms with Crippen LogP contribution in [0.2, 0.25) is 0 Å². The van der Waals surface area contributed by atoms with Crippen LogP contribution in [0.4, 0.5) is 0 Å². The molecule has 0 saturated carbocycles. The van der Waals surface area contributed by atoms with Crippen LogP contribution < -0.4 is 4.74 Å². The molecule has 0 radical (unpaired) electrons. The number of methoxy groups -OCH3 is 3. The van der Waals surface area contributed by atoms with Gasteiger partial charge < -0.3 is 14.2 Å². The summed E-state index contributed by atoms with van der Waals surface area (Å²) >= 11 is 0. The summed E-state index contributed by atoms with van der Waals surface area (Å²) in [6, 6.07) is 6.92. The van der Waals surface area contributed by atoms with E-state index in [1.807, 2.05) is 0 Å². The fraction of sp³-hybridized carbons (Fsp3) is 0.312. The fourth-order valence-electron chi connectivity index (χ4n) is 2.09. The molecule has 2 rings (SSSR count). The van der Waals surface area contributed by atoms with Crippen molar-refractivity contribution in [1.82, 2.24) is 15.0 Å². The summed E-state index contributed by atoms with van der Waals surface area (Å²) in [6.07, 6.45) is 0.939. The summed E-state index contributed by atoms with van der Waals surface area (Å²) in [6.45, 7) is 0. The lowest BCUT2D eigenvalue weighted by Crippen LogP contribution is -2.28. The zero-order valence-electron chi connectivity index (χ0n) is 14.0. The van der Waals surface area contributed by atoms with Crippen molar-refractivity contribution >= 4 is 17.7 Å². The highest BCUT2D eigenvalue weighted by atomic mass is 16.5. The Kier molecular flexibility index (Phi) is 5.83. The maximum atomic E-state index is 12.5. The van der Waals surface area contributed by atoms with Crippen molar-refractivity contribution in [1.29, 1.82) is 0 Å². The first kappa shape index (κ1) is 18.1. The van der Waals surface area contributed by atoms with E-state index in [1.54, 1.807) is 31.4 Å². The van der Waals surface area contributed by atoms with E-state index in [-0.39, 0.29) is 5.69 Å². The number of hydrogen-bond donors (Lipinski definition) is 0. The molecule has 0 unspecified atom stereocenters. The molecule has 0 amide bonds. The first-order valence-electron chi connectivity index (χ1n) is 7.25. The molecule has 25 heavy (non-hydrogen) atoms. The number of Topliss-reactive ketones (excluding diaryl/α,β-unsaturated/α-hetero) is 1. The maximum Gasteiger partial charge on any atom is 0.317 e. The van der Waals surface area contributed by atoms with Crippen LogP contribution in [0, 0.1) is 5.92 Å². The highest BCUT2D eigenvalue weighted by Crippen LogP contribution is 2.17. The van der Waals surface area contributed by atoms with Crippen LogP contribution in [-0.2, 0) is 19.1 Å². The molecule has 9 nitrogen and oxygen atoms in total. The van der Waals surface area contributed by atoms with Crippen molar-refractivity contribution in [3.05, 3.63) is 36.2 Å². The van der Waals surface area contributed by atoms with Gasteiger partial charge in [-0.05, 0) is 24.3 Å². The summed E-state index contributed by atoms with van der Waals surface area (Å²) in [5.74, 6) is -2.87. The molecule has 132 valence electrons. The van der Waals surface area contributed by atoms with E-state index in [9.17, 15) is 14.4 Å². The van der Waals surface area contributed by atoms with E-state index >= 15 is 0 Å². The molecule has 0 spiro atoms. The van der Waals surface area contributed by atoms with Gasteiger partial charge in [-0.3, -0.25) is 14.4 Å². The Labute approximate surface area is 143 Å². The molecule has 0 aliphatic rings. The number of benzene rings is 1. The summed E-state index contributed by atoms with van der Waals surface area (Å²) in [4.78, 5) is 35.7. The van der Waals surface area contributed by atoms with Crippen LogP contribution in [0.25, 0.3) is 5.69 Å². The number of ketones is 1. The molecule has 0 aliphatic carbocycles. The standard InChI is InChI=1S/C16H17N3O6/c1-23-11-6-4-10(5-7-11)19-9-13(17-18-19)15(21)12(16(22)25-3)8-14(20)24-2/h4-7,9,12H,8H2,1-3H3/t12-/m0/s1. The zero-order chi connectivity index (χ0) is 18.4. The highest BCUT2D eigenvalue weighted by Gasteiger charge is 2.33. The molecule has 1 heterocycles. The summed E-state index contributed by atoms with van der Waals surface area (Å²) in [5, 5.41) is 7.64. The Morgan fingerprint density at radius 2 is 1.76 bits per heavy atom. The first-order valence-corrected chi connectivity index (χ1v) is 7.25. The molecule has 1 aromatic heterocycles. The fourth-order valence-corrected chi connectivity index (χ4v) is 2.09. The predicted octanol–water partition coefficient (Wildman–Crippen LogP) is 0.811. The van der Waals surface area contributed by atoms with Gasteiger partial charge >= 0.3 is 11.9 Å². The smallest absolute Gasteiger partial charge is 0.317 e. The number of carbonyl (C=O) groups is 3. The van der Waals surface area contributed by atoms with E-state index in [0.717, 1.165) is 7.11 Å². The van der Waals surface area contributed by atoms with Crippen molar-refractivity contribution in [3.63, 3.8) is 0 Å². The minimum atomic E-state index is -1.33. The molecule has 0 fully saturated rings. The topological polar surface area (TPSA) is 110 Å².